The van der Waals surface area contributed by atoms with Crippen LogP contribution >= 0.6 is 11.3 Å². The van der Waals surface area contributed by atoms with Crippen molar-refractivity contribution in [3.63, 3.8) is 0 Å². The van der Waals surface area contributed by atoms with Crippen LogP contribution in [0.1, 0.15) is 24.3 Å². The minimum absolute atomic E-state index is 0.0667. The van der Waals surface area contributed by atoms with E-state index in [4.69, 9.17) is 0 Å². The minimum Gasteiger partial charge on any atom is -0.384 e. The van der Waals surface area contributed by atoms with Crippen molar-refractivity contribution in [2.24, 2.45) is 5.92 Å². The third kappa shape index (κ3) is 2.60. The van der Waals surface area contributed by atoms with Crippen LogP contribution in [0.3, 0.4) is 0 Å². The Labute approximate surface area is 135 Å². The van der Waals surface area contributed by atoms with Crippen LogP contribution in [-0.2, 0) is 5.60 Å². The summed E-state index contributed by atoms with van der Waals surface area (Å²) in [5.74, 6) is -0.0667. The van der Waals surface area contributed by atoms with Gasteiger partial charge in [-0.15, -0.1) is 11.3 Å². The molecular formula is C20H20OS. The number of benzene rings is 2. The zero-order chi connectivity index (χ0) is 15.7. The first-order chi connectivity index (χ1) is 10.5. The van der Waals surface area contributed by atoms with Crippen molar-refractivity contribution in [2.45, 2.75) is 19.4 Å². The van der Waals surface area contributed by atoms with E-state index in [-0.39, 0.29) is 5.92 Å². The maximum Gasteiger partial charge on any atom is 0.103 e. The quantitative estimate of drug-likeness (QED) is 0.678. The zero-order valence-corrected chi connectivity index (χ0v) is 13.7. The molecule has 0 saturated heterocycles. The SMILES string of the molecule is C=C(c1ccccc1)[C@@H](C)[C@](C)(O)c1cc2ccccc2s1. The number of hydrogen-bond donors (Lipinski definition) is 1. The van der Waals surface area contributed by atoms with E-state index in [0.29, 0.717) is 0 Å². The summed E-state index contributed by atoms with van der Waals surface area (Å²) in [4.78, 5) is 0.985. The molecule has 22 heavy (non-hydrogen) atoms. The summed E-state index contributed by atoms with van der Waals surface area (Å²) >= 11 is 1.65. The van der Waals surface area contributed by atoms with Gasteiger partial charge in [0.25, 0.3) is 0 Å². The average molecular weight is 308 g/mol. The zero-order valence-electron chi connectivity index (χ0n) is 12.9. The van der Waals surface area contributed by atoms with Crippen molar-refractivity contribution in [3.05, 3.63) is 77.7 Å². The molecule has 0 saturated carbocycles. The molecule has 0 bridgehead atoms. The second-order valence-corrected chi connectivity index (χ2v) is 6.99. The van der Waals surface area contributed by atoms with E-state index in [1.54, 1.807) is 11.3 Å². The molecule has 2 aromatic carbocycles. The summed E-state index contributed by atoms with van der Waals surface area (Å²) in [6.45, 7) is 8.14. The van der Waals surface area contributed by atoms with Crippen molar-refractivity contribution in [3.8, 4) is 0 Å². The lowest BCUT2D eigenvalue weighted by atomic mass is 9.81. The molecule has 0 spiro atoms. The van der Waals surface area contributed by atoms with Gasteiger partial charge in [0.15, 0.2) is 0 Å². The lowest BCUT2D eigenvalue weighted by Gasteiger charge is -2.31. The molecule has 0 amide bonds. The van der Waals surface area contributed by atoms with Crippen LogP contribution in [0.2, 0.25) is 0 Å². The summed E-state index contributed by atoms with van der Waals surface area (Å²) in [7, 11) is 0. The van der Waals surface area contributed by atoms with Gasteiger partial charge in [0.1, 0.15) is 5.60 Å². The highest BCUT2D eigenvalue weighted by Crippen LogP contribution is 2.41. The van der Waals surface area contributed by atoms with Crippen LogP contribution in [0.5, 0.6) is 0 Å². The first-order valence-corrected chi connectivity index (χ1v) is 8.27. The fourth-order valence-electron chi connectivity index (χ4n) is 2.69. The van der Waals surface area contributed by atoms with Crippen LogP contribution < -0.4 is 0 Å². The van der Waals surface area contributed by atoms with Gasteiger partial charge in [0, 0.05) is 15.5 Å². The standard InChI is InChI=1S/C20H20OS/c1-14(16-9-5-4-6-10-16)15(2)20(3,21)19-13-17-11-7-8-12-18(17)22-19/h4-13,15,21H,1H2,2-3H3/t15-,20+/m1/s1. The van der Waals surface area contributed by atoms with Crippen molar-refractivity contribution in [2.75, 3.05) is 0 Å². The highest BCUT2D eigenvalue weighted by molar-refractivity contribution is 7.19. The van der Waals surface area contributed by atoms with Gasteiger partial charge in [-0.2, -0.15) is 0 Å². The normalized spacial score (nSPS) is 15.4. The molecule has 2 heteroatoms. The largest absolute Gasteiger partial charge is 0.384 e. The Balaban J connectivity index is 1.96. The van der Waals surface area contributed by atoms with E-state index in [1.165, 1.54) is 10.1 Å². The summed E-state index contributed by atoms with van der Waals surface area (Å²) < 4.78 is 1.20. The Morgan fingerprint density at radius 2 is 1.73 bits per heavy atom. The van der Waals surface area contributed by atoms with Gasteiger partial charge in [-0.1, -0.05) is 62.0 Å². The molecule has 0 fully saturated rings. The molecule has 0 aliphatic heterocycles. The van der Waals surface area contributed by atoms with Gasteiger partial charge in [0.05, 0.1) is 0 Å². The number of aliphatic hydroxyl groups is 1. The summed E-state index contributed by atoms with van der Waals surface area (Å²) in [6.07, 6.45) is 0. The van der Waals surface area contributed by atoms with E-state index in [2.05, 4.69) is 24.8 Å². The Bertz CT molecular complexity index is 766. The highest BCUT2D eigenvalue weighted by Gasteiger charge is 2.34. The Morgan fingerprint density at radius 3 is 2.41 bits per heavy atom. The predicted octanol–water partition coefficient (Wildman–Crippen LogP) is 5.46. The topological polar surface area (TPSA) is 20.2 Å². The van der Waals surface area contributed by atoms with E-state index in [1.807, 2.05) is 56.3 Å². The molecule has 1 heterocycles. The van der Waals surface area contributed by atoms with E-state index < -0.39 is 5.60 Å². The first kappa shape index (κ1) is 15.0. The molecule has 0 aliphatic rings. The van der Waals surface area contributed by atoms with Gasteiger partial charge < -0.3 is 5.11 Å². The molecule has 0 radical (unpaired) electrons. The smallest absolute Gasteiger partial charge is 0.103 e. The number of fused-ring (bicyclic) bond motifs is 1. The van der Waals surface area contributed by atoms with Crippen molar-refractivity contribution < 1.29 is 5.11 Å². The number of rotatable bonds is 4. The fourth-order valence-corrected chi connectivity index (χ4v) is 3.88. The van der Waals surface area contributed by atoms with Crippen molar-refractivity contribution in [1.29, 1.82) is 0 Å². The molecule has 0 unspecified atom stereocenters. The van der Waals surface area contributed by atoms with Crippen LogP contribution in [0.25, 0.3) is 15.7 Å². The molecular weight excluding hydrogens is 288 g/mol. The molecule has 3 rings (SSSR count). The predicted molar refractivity (Wildman–Crippen MR) is 96.0 cm³/mol. The maximum atomic E-state index is 11.1. The van der Waals surface area contributed by atoms with Crippen LogP contribution in [0.15, 0.2) is 67.2 Å². The van der Waals surface area contributed by atoms with Crippen LogP contribution in [-0.4, -0.2) is 5.11 Å². The average Bonchev–Trinajstić information content (AvgIpc) is 2.99. The lowest BCUT2D eigenvalue weighted by Crippen LogP contribution is -2.29. The number of hydrogen-bond acceptors (Lipinski definition) is 2. The van der Waals surface area contributed by atoms with E-state index in [9.17, 15) is 5.11 Å². The molecule has 2 atom stereocenters. The molecule has 1 N–H and O–H groups in total. The molecule has 1 nitrogen and oxygen atoms in total. The van der Waals surface area contributed by atoms with Gasteiger partial charge >= 0.3 is 0 Å². The lowest BCUT2D eigenvalue weighted by molar-refractivity contribution is 0.0280. The molecule has 1 aromatic heterocycles. The van der Waals surface area contributed by atoms with Gasteiger partial charge in [-0.05, 0) is 35.6 Å². The van der Waals surface area contributed by atoms with Gasteiger partial charge in [-0.25, -0.2) is 0 Å². The summed E-state index contributed by atoms with van der Waals surface area (Å²) in [5, 5.41) is 12.3. The van der Waals surface area contributed by atoms with Crippen molar-refractivity contribution in [1.82, 2.24) is 0 Å². The maximum absolute atomic E-state index is 11.1. The summed E-state index contributed by atoms with van der Waals surface area (Å²) in [5.41, 5.74) is 1.11. The van der Waals surface area contributed by atoms with Gasteiger partial charge in [0.2, 0.25) is 0 Å². The van der Waals surface area contributed by atoms with Crippen molar-refractivity contribution >= 4 is 27.0 Å². The second kappa shape index (κ2) is 5.71. The first-order valence-electron chi connectivity index (χ1n) is 7.46. The minimum atomic E-state index is -0.934. The Hall–Kier alpha value is -1.90. The monoisotopic (exact) mass is 308 g/mol. The fraction of sp³-hybridized carbons (Fsp3) is 0.200. The Kier molecular flexibility index (Phi) is 3.90. The van der Waals surface area contributed by atoms with Crippen LogP contribution in [0, 0.1) is 5.92 Å². The Morgan fingerprint density at radius 1 is 1.09 bits per heavy atom. The third-order valence-electron chi connectivity index (χ3n) is 4.43. The van der Waals surface area contributed by atoms with Crippen LogP contribution in [0.4, 0.5) is 0 Å². The molecule has 112 valence electrons. The molecule has 0 aliphatic carbocycles. The summed E-state index contributed by atoms with van der Waals surface area (Å²) in [6, 6.07) is 20.4. The molecule has 3 aromatic rings. The second-order valence-electron chi connectivity index (χ2n) is 5.91. The van der Waals surface area contributed by atoms with E-state index in [0.717, 1.165) is 16.0 Å². The number of thiophene rings is 1. The van der Waals surface area contributed by atoms with E-state index >= 15 is 0 Å². The third-order valence-corrected chi connectivity index (χ3v) is 5.78. The highest BCUT2D eigenvalue weighted by atomic mass is 32.1. The van der Waals surface area contributed by atoms with Gasteiger partial charge in [-0.3, -0.25) is 0 Å².